The summed E-state index contributed by atoms with van der Waals surface area (Å²) in [6.45, 7) is 0.918. The highest BCUT2D eigenvalue weighted by Crippen LogP contribution is 2.31. The standard InChI is InChI=1S/C21H20F3N5O3/c22-21(23,24)12-1-3-16(25)15(7-12)20(31)26-9-19(30)28-13-5-6-29(10-13)14-2-4-18-17(8-14)27-11-32-18/h1-4,7-8,11,13H,5-6,9-10,25H2,(H,26,31)(H,28,30). The van der Waals surface area contributed by atoms with Gasteiger partial charge in [-0.3, -0.25) is 9.59 Å². The predicted molar refractivity (Wildman–Crippen MR) is 111 cm³/mol. The SMILES string of the molecule is Nc1ccc(C(F)(F)F)cc1C(=O)NCC(=O)NC1CCN(c2ccc3ocnc3c2)C1. The number of halogens is 3. The zero-order valence-electron chi connectivity index (χ0n) is 16.8. The minimum Gasteiger partial charge on any atom is -0.443 e. The van der Waals surface area contributed by atoms with Gasteiger partial charge in [0.15, 0.2) is 12.0 Å². The Balaban J connectivity index is 1.30. The van der Waals surface area contributed by atoms with Gasteiger partial charge in [-0.05, 0) is 42.8 Å². The van der Waals surface area contributed by atoms with E-state index in [2.05, 4.69) is 20.5 Å². The van der Waals surface area contributed by atoms with Crippen LogP contribution in [-0.2, 0) is 11.0 Å². The summed E-state index contributed by atoms with van der Waals surface area (Å²) in [6, 6.07) is 8.00. The maximum absolute atomic E-state index is 12.9. The first kappa shape index (κ1) is 21.5. The molecule has 2 amide bonds. The number of anilines is 2. The van der Waals surface area contributed by atoms with Crippen molar-refractivity contribution in [1.29, 1.82) is 0 Å². The topological polar surface area (TPSA) is 113 Å². The second-order valence-electron chi connectivity index (χ2n) is 7.49. The third kappa shape index (κ3) is 4.61. The Bertz CT molecular complexity index is 1160. The first-order valence-corrected chi connectivity index (χ1v) is 9.83. The molecule has 1 unspecified atom stereocenters. The lowest BCUT2D eigenvalue weighted by Crippen LogP contribution is -2.43. The molecule has 1 atom stereocenters. The third-order valence-electron chi connectivity index (χ3n) is 5.27. The number of hydrogen-bond donors (Lipinski definition) is 3. The molecule has 0 bridgehead atoms. The highest BCUT2D eigenvalue weighted by molar-refractivity contribution is 6.00. The van der Waals surface area contributed by atoms with Gasteiger partial charge < -0.3 is 25.7 Å². The Labute approximate surface area is 180 Å². The van der Waals surface area contributed by atoms with Gasteiger partial charge in [-0.25, -0.2) is 4.98 Å². The van der Waals surface area contributed by atoms with E-state index in [0.29, 0.717) is 24.6 Å². The molecule has 1 aliphatic heterocycles. The average molecular weight is 447 g/mol. The van der Waals surface area contributed by atoms with Crippen LogP contribution in [0.5, 0.6) is 0 Å². The third-order valence-corrected chi connectivity index (χ3v) is 5.27. The quantitative estimate of drug-likeness (QED) is 0.518. The van der Waals surface area contributed by atoms with Crippen LogP contribution in [0.4, 0.5) is 24.5 Å². The molecule has 1 aliphatic rings. The Morgan fingerprint density at radius 2 is 2.03 bits per heavy atom. The van der Waals surface area contributed by atoms with Crippen molar-refractivity contribution in [2.75, 3.05) is 30.3 Å². The van der Waals surface area contributed by atoms with Crippen LogP contribution in [0.3, 0.4) is 0 Å². The lowest BCUT2D eigenvalue weighted by Gasteiger charge is -2.19. The molecule has 2 heterocycles. The largest absolute Gasteiger partial charge is 0.443 e. The molecule has 11 heteroatoms. The van der Waals surface area contributed by atoms with Crippen LogP contribution >= 0.6 is 0 Å². The monoisotopic (exact) mass is 447 g/mol. The number of benzene rings is 2. The lowest BCUT2D eigenvalue weighted by atomic mass is 10.1. The number of carbonyl (C=O) groups excluding carboxylic acids is 2. The van der Waals surface area contributed by atoms with Gasteiger partial charge in [-0.15, -0.1) is 0 Å². The summed E-state index contributed by atoms with van der Waals surface area (Å²) in [5, 5.41) is 5.15. The first-order valence-electron chi connectivity index (χ1n) is 9.83. The second-order valence-corrected chi connectivity index (χ2v) is 7.49. The molecule has 4 N–H and O–H groups in total. The molecule has 1 saturated heterocycles. The maximum Gasteiger partial charge on any atom is 0.416 e. The van der Waals surface area contributed by atoms with E-state index in [0.717, 1.165) is 29.9 Å². The molecule has 2 aromatic carbocycles. The van der Waals surface area contributed by atoms with E-state index in [1.54, 1.807) is 0 Å². The van der Waals surface area contributed by atoms with Crippen LogP contribution in [0.25, 0.3) is 11.1 Å². The molecule has 0 radical (unpaired) electrons. The van der Waals surface area contributed by atoms with Crippen LogP contribution in [-0.4, -0.2) is 42.5 Å². The molecule has 0 spiro atoms. The summed E-state index contributed by atoms with van der Waals surface area (Å²) in [5.74, 6) is -1.29. The van der Waals surface area contributed by atoms with Crippen LogP contribution in [0.15, 0.2) is 47.2 Å². The minimum atomic E-state index is -4.60. The first-order chi connectivity index (χ1) is 15.2. The van der Waals surface area contributed by atoms with Crippen molar-refractivity contribution in [3.63, 3.8) is 0 Å². The van der Waals surface area contributed by atoms with Crippen molar-refractivity contribution >= 4 is 34.3 Å². The molecule has 0 saturated carbocycles. The Kier molecular flexibility index (Phi) is 5.64. The fourth-order valence-corrected chi connectivity index (χ4v) is 3.62. The van der Waals surface area contributed by atoms with Gasteiger partial charge in [0.1, 0.15) is 5.52 Å². The zero-order chi connectivity index (χ0) is 22.9. The molecule has 1 fully saturated rings. The maximum atomic E-state index is 12.9. The Morgan fingerprint density at radius 3 is 2.81 bits per heavy atom. The summed E-state index contributed by atoms with van der Waals surface area (Å²) in [7, 11) is 0. The van der Waals surface area contributed by atoms with E-state index in [4.69, 9.17) is 10.2 Å². The molecule has 3 aromatic rings. The minimum absolute atomic E-state index is 0.105. The Hall–Kier alpha value is -3.76. The number of alkyl halides is 3. The van der Waals surface area contributed by atoms with Crippen LogP contribution in [0.1, 0.15) is 22.3 Å². The number of fused-ring (bicyclic) bond motifs is 1. The van der Waals surface area contributed by atoms with E-state index in [1.165, 1.54) is 6.39 Å². The van der Waals surface area contributed by atoms with E-state index >= 15 is 0 Å². The van der Waals surface area contributed by atoms with Crippen LogP contribution in [0.2, 0.25) is 0 Å². The van der Waals surface area contributed by atoms with Gasteiger partial charge in [0.05, 0.1) is 17.7 Å². The average Bonchev–Trinajstić information content (AvgIpc) is 3.40. The number of carbonyl (C=O) groups is 2. The summed E-state index contributed by atoms with van der Waals surface area (Å²) in [6.07, 6.45) is -2.52. The molecular formula is C21H20F3N5O3. The molecular weight excluding hydrogens is 427 g/mol. The summed E-state index contributed by atoms with van der Waals surface area (Å²) < 4.78 is 43.8. The number of amides is 2. The number of nitrogens with one attached hydrogen (secondary N) is 2. The highest BCUT2D eigenvalue weighted by Gasteiger charge is 2.31. The number of oxazole rings is 1. The lowest BCUT2D eigenvalue weighted by molar-refractivity contribution is -0.137. The number of rotatable bonds is 5. The fraction of sp³-hybridized carbons (Fsp3) is 0.286. The number of nitrogens with two attached hydrogens (primary N) is 1. The zero-order valence-corrected chi connectivity index (χ0v) is 16.8. The number of nitrogens with zero attached hydrogens (tertiary/aromatic N) is 2. The fourth-order valence-electron chi connectivity index (χ4n) is 3.62. The molecule has 4 rings (SSSR count). The van der Waals surface area contributed by atoms with Gasteiger partial charge >= 0.3 is 6.18 Å². The summed E-state index contributed by atoms with van der Waals surface area (Å²) in [5.41, 5.74) is 6.59. The molecule has 32 heavy (non-hydrogen) atoms. The van der Waals surface area contributed by atoms with Gasteiger partial charge in [0.25, 0.3) is 5.91 Å². The molecule has 1 aromatic heterocycles. The number of nitrogen functional groups attached to an aromatic ring is 1. The second kappa shape index (κ2) is 8.40. The smallest absolute Gasteiger partial charge is 0.416 e. The van der Waals surface area contributed by atoms with Crippen molar-refractivity contribution in [2.45, 2.75) is 18.6 Å². The predicted octanol–water partition coefficient (Wildman–Crippen LogP) is 2.55. The summed E-state index contributed by atoms with van der Waals surface area (Å²) >= 11 is 0. The molecule has 8 nitrogen and oxygen atoms in total. The van der Waals surface area contributed by atoms with Crippen molar-refractivity contribution in [1.82, 2.24) is 15.6 Å². The van der Waals surface area contributed by atoms with E-state index < -0.39 is 23.6 Å². The van der Waals surface area contributed by atoms with E-state index in [9.17, 15) is 22.8 Å². The highest BCUT2D eigenvalue weighted by atomic mass is 19.4. The number of hydrogen-bond acceptors (Lipinski definition) is 6. The van der Waals surface area contributed by atoms with Crippen molar-refractivity contribution in [3.05, 3.63) is 53.9 Å². The van der Waals surface area contributed by atoms with Crippen molar-refractivity contribution in [3.8, 4) is 0 Å². The van der Waals surface area contributed by atoms with Crippen molar-refractivity contribution < 1.29 is 27.2 Å². The number of aromatic nitrogens is 1. The normalized spacial score (nSPS) is 16.3. The van der Waals surface area contributed by atoms with Crippen LogP contribution < -0.4 is 21.3 Å². The van der Waals surface area contributed by atoms with Crippen molar-refractivity contribution in [2.24, 2.45) is 0 Å². The molecule has 168 valence electrons. The van der Waals surface area contributed by atoms with Crippen LogP contribution in [0, 0.1) is 0 Å². The molecule has 0 aliphatic carbocycles. The summed E-state index contributed by atoms with van der Waals surface area (Å²) in [4.78, 5) is 30.7. The van der Waals surface area contributed by atoms with E-state index in [-0.39, 0.29) is 23.8 Å². The van der Waals surface area contributed by atoms with Gasteiger partial charge in [0.2, 0.25) is 5.91 Å². The van der Waals surface area contributed by atoms with Gasteiger partial charge in [0, 0.05) is 30.5 Å². The Morgan fingerprint density at radius 1 is 1.22 bits per heavy atom. The van der Waals surface area contributed by atoms with Gasteiger partial charge in [-0.1, -0.05) is 0 Å². The van der Waals surface area contributed by atoms with E-state index in [1.807, 2.05) is 18.2 Å². The van der Waals surface area contributed by atoms with Gasteiger partial charge in [-0.2, -0.15) is 13.2 Å².